The molecule has 0 bridgehead atoms. The number of carbonyl (C=O) groups excluding carboxylic acids is 1. The maximum absolute atomic E-state index is 13.1. The first kappa shape index (κ1) is 26.2. The van der Waals surface area contributed by atoms with Gasteiger partial charge in [-0.25, -0.2) is 8.42 Å². The number of nitrogens with zero attached hydrogens (tertiary/aromatic N) is 1. The van der Waals surface area contributed by atoms with Crippen LogP contribution in [0.1, 0.15) is 67.7 Å². The van der Waals surface area contributed by atoms with Gasteiger partial charge in [0.15, 0.2) is 15.6 Å². The molecule has 12 heteroatoms. The second-order valence-corrected chi connectivity index (χ2v) is 11.7. The zero-order valence-corrected chi connectivity index (χ0v) is 19.2. The summed E-state index contributed by atoms with van der Waals surface area (Å²) in [6.07, 6.45) is -7.22. The van der Waals surface area contributed by atoms with Gasteiger partial charge in [0.1, 0.15) is 11.4 Å². The number of carbonyl (C=O) groups is 1. The van der Waals surface area contributed by atoms with Crippen LogP contribution in [-0.4, -0.2) is 29.1 Å². The third kappa shape index (κ3) is 5.31. The van der Waals surface area contributed by atoms with Crippen molar-refractivity contribution in [3.8, 4) is 0 Å². The normalized spacial score (nSPS) is 19.6. The molecule has 1 saturated carbocycles. The molecule has 0 saturated heterocycles. The first-order chi connectivity index (χ1) is 15.5. The highest BCUT2D eigenvalue weighted by atomic mass is 32.2. The SMILES string of the molecule is CC(C)(C1CC(CCCC(=O)c2cc(C(F)(F)F)[nH]n2)C1)S(=O)(=O)c1cccc(C(F)(F)F)c1. The van der Waals surface area contributed by atoms with Crippen molar-refractivity contribution in [3.63, 3.8) is 0 Å². The van der Waals surface area contributed by atoms with Crippen molar-refractivity contribution in [2.24, 2.45) is 11.8 Å². The van der Waals surface area contributed by atoms with Gasteiger partial charge in [0.2, 0.25) is 0 Å². The predicted octanol–water partition coefficient (Wildman–Crippen LogP) is 6.08. The Morgan fingerprint density at radius 2 is 1.71 bits per heavy atom. The lowest BCUT2D eigenvalue weighted by atomic mass is 9.67. The summed E-state index contributed by atoms with van der Waals surface area (Å²) in [7, 11) is -4.04. The quantitative estimate of drug-likeness (QED) is 0.345. The van der Waals surface area contributed by atoms with Crippen molar-refractivity contribution in [2.75, 3.05) is 0 Å². The Balaban J connectivity index is 1.54. The number of aromatic nitrogens is 2. The van der Waals surface area contributed by atoms with Gasteiger partial charge in [-0.05, 0) is 75.6 Å². The second kappa shape index (κ2) is 9.01. The van der Waals surface area contributed by atoms with Gasteiger partial charge in [0.05, 0.1) is 15.2 Å². The van der Waals surface area contributed by atoms with E-state index >= 15 is 0 Å². The molecule has 0 unspecified atom stereocenters. The Morgan fingerprint density at radius 1 is 1.06 bits per heavy atom. The average molecular weight is 511 g/mol. The standard InChI is InChI=1S/C22H24F6N2O3S/c1-20(2,34(32,33)16-7-4-6-14(11-16)21(23,24)25)15-9-13(10-15)5-3-8-18(31)17-12-19(30-29-17)22(26,27)28/h4,6-7,11-13,15H,3,5,8-10H2,1-2H3,(H,29,30). The molecule has 1 aromatic carbocycles. The predicted molar refractivity (Wildman–Crippen MR) is 111 cm³/mol. The molecule has 2 aromatic rings. The van der Waals surface area contributed by atoms with Crippen molar-refractivity contribution < 1.29 is 39.6 Å². The molecule has 1 fully saturated rings. The fraction of sp³-hybridized carbons (Fsp3) is 0.545. The third-order valence-corrected chi connectivity index (χ3v) is 9.16. The minimum Gasteiger partial charge on any atom is -0.292 e. The minimum absolute atomic E-state index is 0.00917. The van der Waals surface area contributed by atoms with E-state index in [-0.39, 0.29) is 28.8 Å². The van der Waals surface area contributed by atoms with Crippen LogP contribution in [-0.2, 0) is 22.2 Å². The van der Waals surface area contributed by atoms with Crippen LogP contribution in [0.4, 0.5) is 26.3 Å². The van der Waals surface area contributed by atoms with Gasteiger partial charge in [0, 0.05) is 6.42 Å². The van der Waals surface area contributed by atoms with E-state index in [0.717, 1.165) is 18.2 Å². The highest BCUT2D eigenvalue weighted by Gasteiger charge is 2.48. The monoisotopic (exact) mass is 510 g/mol. The van der Waals surface area contributed by atoms with Crippen LogP contribution in [0.15, 0.2) is 35.2 Å². The number of alkyl halides is 6. The maximum atomic E-state index is 13.1. The van der Waals surface area contributed by atoms with Crippen LogP contribution in [0.5, 0.6) is 0 Å². The summed E-state index contributed by atoms with van der Waals surface area (Å²) < 4.78 is 102. The Bertz CT molecular complexity index is 1150. The number of nitrogens with one attached hydrogen (secondary N) is 1. The molecule has 0 amide bonds. The number of hydrogen-bond acceptors (Lipinski definition) is 4. The molecule has 3 rings (SSSR count). The molecule has 1 heterocycles. The number of ketones is 1. The molecule has 0 atom stereocenters. The van der Waals surface area contributed by atoms with Crippen molar-refractivity contribution >= 4 is 15.6 Å². The number of benzene rings is 1. The number of hydrogen-bond donors (Lipinski definition) is 1. The molecule has 0 radical (unpaired) electrons. The third-order valence-electron chi connectivity index (χ3n) is 6.57. The fourth-order valence-electron chi connectivity index (χ4n) is 4.19. The molecule has 1 aliphatic rings. The molecular formula is C22H24F6N2O3S. The zero-order chi connectivity index (χ0) is 25.5. The minimum atomic E-state index is -4.65. The molecule has 188 valence electrons. The van der Waals surface area contributed by atoms with Crippen LogP contribution in [0.2, 0.25) is 0 Å². The van der Waals surface area contributed by atoms with E-state index in [4.69, 9.17) is 0 Å². The van der Waals surface area contributed by atoms with E-state index < -0.39 is 44.0 Å². The number of H-pyrrole nitrogens is 1. The molecule has 0 spiro atoms. The maximum Gasteiger partial charge on any atom is 0.432 e. The molecule has 34 heavy (non-hydrogen) atoms. The summed E-state index contributed by atoms with van der Waals surface area (Å²) in [5, 5.41) is 5.20. The van der Waals surface area contributed by atoms with Gasteiger partial charge in [-0.3, -0.25) is 9.89 Å². The van der Waals surface area contributed by atoms with Crippen LogP contribution >= 0.6 is 0 Å². The fourth-order valence-corrected chi connectivity index (χ4v) is 5.97. The average Bonchev–Trinajstić information content (AvgIpc) is 3.19. The number of rotatable bonds is 8. The van der Waals surface area contributed by atoms with E-state index in [1.165, 1.54) is 13.8 Å². The number of aromatic amines is 1. The van der Waals surface area contributed by atoms with Crippen molar-refractivity contribution in [1.82, 2.24) is 10.2 Å². The highest BCUT2D eigenvalue weighted by molar-refractivity contribution is 7.92. The van der Waals surface area contributed by atoms with Crippen molar-refractivity contribution in [1.29, 1.82) is 0 Å². The van der Waals surface area contributed by atoms with Crippen LogP contribution in [0.3, 0.4) is 0 Å². The topological polar surface area (TPSA) is 79.9 Å². The van der Waals surface area contributed by atoms with Gasteiger partial charge >= 0.3 is 12.4 Å². The Hall–Kier alpha value is -2.37. The Morgan fingerprint density at radius 3 is 2.26 bits per heavy atom. The summed E-state index contributed by atoms with van der Waals surface area (Å²) in [5.74, 6) is -0.665. The van der Waals surface area contributed by atoms with Gasteiger partial charge < -0.3 is 0 Å². The number of halogens is 6. The summed E-state index contributed by atoms with van der Waals surface area (Å²) >= 11 is 0. The zero-order valence-electron chi connectivity index (χ0n) is 18.4. The lowest BCUT2D eigenvalue weighted by Crippen LogP contribution is -2.46. The first-order valence-corrected chi connectivity index (χ1v) is 12.1. The summed E-state index contributed by atoms with van der Waals surface area (Å²) in [4.78, 5) is 11.7. The molecule has 1 aromatic heterocycles. The number of Topliss-reactive ketones (excluding diaryl/α,β-unsaturated/α-hetero) is 1. The number of sulfone groups is 1. The highest BCUT2D eigenvalue weighted by Crippen LogP contribution is 2.48. The largest absolute Gasteiger partial charge is 0.432 e. The van der Waals surface area contributed by atoms with Crippen LogP contribution in [0.25, 0.3) is 0 Å². The van der Waals surface area contributed by atoms with Gasteiger partial charge in [0.25, 0.3) is 0 Å². The van der Waals surface area contributed by atoms with Gasteiger partial charge in [-0.2, -0.15) is 31.4 Å². The van der Waals surface area contributed by atoms with Gasteiger partial charge in [-0.1, -0.05) is 6.07 Å². The molecule has 1 aliphatic carbocycles. The molecule has 5 nitrogen and oxygen atoms in total. The Labute approximate surface area is 192 Å². The Kier molecular flexibility index (Phi) is 6.95. The molecule has 0 aliphatic heterocycles. The van der Waals surface area contributed by atoms with Crippen molar-refractivity contribution in [2.45, 2.75) is 67.9 Å². The van der Waals surface area contributed by atoms with Crippen LogP contribution in [0, 0.1) is 11.8 Å². The van der Waals surface area contributed by atoms with Crippen LogP contribution < -0.4 is 0 Å². The summed E-state index contributed by atoms with van der Waals surface area (Å²) in [5.41, 5.74) is -2.41. The second-order valence-electron chi connectivity index (χ2n) is 9.15. The van der Waals surface area contributed by atoms with E-state index in [9.17, 15) is 39.6 Å². The summed E-state index contributed by atoms with van der Waals surface area (Å²) in [6, 6.07) is 4.37. The lowest BCUT2D eigenvalue weighted by molar-refractivity contribution is -0.141. The lowest BCUT2D eigenvalue weighted by Gasteiger charge is -2.45. The van der Waals surface area contributed by atoms with E-state index in [1.807, 2.05) is 0 Å². The molecular weight excluding hydrogens is 486 g/mol. The van der Waals surface area contributed by atoms with E-state index in [1.54, 1.807) is 5.10 Å². The van der Waals surface area contributed by atoms with E-state index in [0.29, 0.717) is 37.8 Å². The van der Waals surface area contributed by atoms with Crippen molar-refractivity contribution in [3.05, 3.63) is 47.3 Å². The van der Waals surface area contributed by atoms with Gasteiger partial charge in [-0.15, -0.1) is 0 Å². The first-order valence-electron chi connectivity index (χ1n) is 10.6. The smallest absolute Gasteiger partial charge is 0.292 e. The summed E-state index contributed by atoms with van der Waals surface area (Å²) in [6.45, 7) is 3.01. The molecule has 1 N–H and O–H groups in total. The van der Waals surface area contributed by atoms with E-state index in [2.05, 4.69) is 5.10 Å².